The van der Waals surface area contributed by atoms with E-state index in [2.05, 4.69) is 56.4 Å². The number of quaternary nitrogens is 1. The molecule has 0 aliphatic heterocycles. The molecule has 0 aliphatic carbocycles. The lowest BCUT2D eigenvalue weighted by molar-refractivity contribution is -0.870. The average Bonchev–Trinajstić information content (AvgIpc) is 3.14. The number of rotatable bonds is 38. The van der Waals surface area contributed by atoms with Crippen LogP contribution in [0.5, 0.6) is 0 Å². The second-order valence-corrected chi connectivity index (χ2v) is 15.3. The first-order chi connectivity index (χ1) is 26.6. The number of carbonyl (C=O) groups excluding carboxylic acids is 3. The van der Waals surface area contributed by atoms with Crippen molar-refractivity contribution in [2.24, 2.45) is 0 Å². The van der Waals surface area contributed by atoms with Gasteiger partial charge >= 0.3 is 11.9 Å². The fourth-order valence-corrected chi connectivity index (χ4v) is 5.49. The first-order valence-corrected chi connectivity index (χ1v) is 21.4. The highest BCUT2D eigenvalue weighted by Crippen LogP contribution is 2.14. The number of nitrogens with zero attached hydrogens (tertiary/aromatic N) is 1. The molecule has 9 nitrogen and oxygen atoms in total. The number of esters is 2. The Balaban J connectivity index is 4.60. The van der Waals surface area contributed by atoms with Gasteiger partial charge in [0.05, 0.1) is 46.7 Å². The van der Waals surface area contributed by atoms with Crippen LogP contribution in [0.25, 0.3) is 0 Å². The maximum Gasteiger partial charge on any atom is 0.310 e. The van der Waals surface area contributed by atoms with Crippen molar-refractivity contribution in [1.82, 2.24) is 0 Å². The summed E-state index contributed by atoms with van der Waals surface area (Å²) in [5, 5.41) is 11.7. The van der Waals surface area contributed by atoms with Crippen LogP contribution in [-0.2, 0) is 33.3 Å². The molecule has 0 spiro atoms. The zero-order chi connectivity index (χ0) is 40.7. The van der Waals surface area contributed by atoms with Crippen LogP contribution < -0.4 is 5.11 Å². The van der Waals surface area contributed by atoms with E-state index in [0.717, 1.165) is 44.9 Å². The molecule has 0 rings (SSSR count). The van der Waals surface area contributed by atoms with Gasteiger partial charge in [0, 0.05) is 6.42 Å². The van der Waals surface area contributed by atoms with E-state index in [4.69, 9.17) is 18.9 Å². The average molecular weight is 774 g/mol. The van der Waals surface area contributed by atoms with Crippen LogP contribution in [0.1, 0.15) is 155 Å². The van der Waals surface area contributed by atoms with Gasteiger partial charge in [-0.05, 0) is 38.5 Å². The Morgan fingerprint density at radius 1 is 0.564 bits per heavy atom. The van der Waals surface area contributed by atoms with Gasteiger partial charge in [-0.15, -0.1) is 0 Å². The molecule has 0 radical (unpaired) electrons. The summed E-state index contributed by atoms with van der Waals surface area (Å²) in [5.74, 6) is -2.45. The van der Waals surface area contributed by atoms with Gasteiger partial charge in [-0.1, -0.05) is 164 Å². The second-order valence-electron chi connectivity index (χ2n) is 15.3. The molecule has 0 aliphatic rings. The molecular formula is C46H79NO8. The molecular weight excluding hydrogens is 695 g/mol. The number of unbranched alkanes of at least 4 members (excludes halogenated alkanes) is 14. The number of hydrogen-bond acceptors (Lipinski definition) is 8. The molecule has 2 atom stereocenters. The van der Waals surface area contributed by atoms with Crippen LogP contribution in [0.2, 0.25) is 0 Å². The molecule has 0 fully saturated rings. The van der Waals surface area contributed by atoms with Crippen LogP contribution in [0.15, 0.2) is 60.8 Å². The summed E-state index contributed by atoms with van der Waals surface area (Å²) in [4.78, 5) is 36.8. The van der Waals surface area contributed by atoms with Crippen molar-refractivity contribution in [3.8, 4) is 0 Å². The van der Waals surface area contributed by atoms with Crippen molar-refractivity contribution in [3.05, 3.63) is 60.8 Å². The quantitative estimate of drug-likeness (QED) is 0.0201. The lowest BCUT2D eigenvalue weighted by atomic mass is 10.0. The van der Waals surface area contributed by atoms with Crippen molar-refractivity contribution in [2.75, 3.05) is 47.5 Å². The standard InChI is InChI=1S/C46H79NO8/c1-6-8-10-12-14-16-18-20-22-24-26-28-30-32-34-36-43(48)53-40-42(41-54-46(45(50)51)52-39-38-47(3,4)5)55-44(49)37-35-33-31-29-27-25-23-21-19-17-15-13-11-9-7-2/h9,11,15,17,21,23,27,29,33,35,42,46H,6-8,10,12-14,16,18-20,22,24-26,28,30-32,34,36-41H2,1-5H3/b11-9-,17-15-,23-21-,29-27-,35-33-. The van der Waals surface area contributed by atoms with Crippen LogP contribution in [0.4, 0.5) is 0 Å². The molecule has 0 amide bonds. The van der Waals surface area contributed by atoms with E-state index in [9.17, 15) is 19.5 Å². The summed E-state index contributed by atoms with van der Waals surface area (Å²) in [5.41, 5.74) is 0. The number of carboxylic acid groups (broad SMARTS) is 1. The topological polar surface area (TPSA) is 111 Å². The number of ether oxygens (including phenoxy) is 4. The largest absolute Gasteiger partial charge is 0.545 e. The Morgan fingerprint density at radius 3 is 1.47 bits per heavy atom. The van der Waals surface area contributed by atoms with Gasteiger partial charge in [0.2, 0.25) is 0 Å². The molecule has 0 saturated carbocycles. The fraction of sp³-hybridized carbons (Fsp3) is 0.717. The molecule has 0 bridgehead atoms. The van der Waals surface area contributed by atoms with Crippen LogP contribution >= 0.6 is 0 Å². The van der Waals surface area contributed by atoms with E-state index in [1.807, 2.05) is 33.3 Å². The second kappa shape index (κ2) is 37.9. The monoisotopic (exact) mass is 774 g/mol. The zero-order valence-corrected chi connectivity index (χ0v) is 35.5. The molecule has 55 heavy (non-hydrogen) atoms. The minimum absolute atomic E-state index is 0.0149. The molecule has 9 heteroatoms. The third-order valence-corrected chi connectivity index (χ3v) is 8.81. The van der Waals surface area contributed by atoms with E-state index >= 15 is 0 Å². The van der Waals surface area contributed by atoms with Crippen molar-refractivity contribution < 1.29 is 42.9 Å². The normalized spacial score (nSPS) is 13.5. The number of aliphatic carboxylic acids is 1. The van der Waals surface area contributed by atoms with E-state index in [1.54, 1.807) is 6.08 Å². The highest BCUT2D eigenvalue weighted by Gasteiger charge is 2.21. The minimum Gasteiger partial charge on any atom is -0.545 e. The number of allylic oxidation sites excluding steroid dienone is 9. The zero-order valence-electron chi connectivity index (χ0n) is 35.5. The first-order valence-electron chi connectivity index (χ1n) is 21.4. The number of carbonyl (C=O) groups is 3. The molecule has 0 aromatic rings. The van der Waals surface area contributed by atoms with Crippen molar-refractivity contribution in [3.63, 3.8) is 0 Å². The predicted molar refractivity (Wildman–Crippen MR) is 223 cm³/mol. The fourth-order valence-electron chi connectivity index (χ4n) is 5.49. The maximum atomic E-state index is 12.7. The Kier molecular flexibility index (Phi) is 35.8. The highest BCUT2D eigenvalue weighted by molar-refractivity contribution is 5.71. The summed E-state index contributed by atoms with van der Waals surface area (Å²) >= 11 is 0. The number of hydrogen-bond donors (Lipinski definition) is 0. The Hall–Kier alpha value is -3.01. The van der Waals surface area contributed by atoms with Crippen LogP contribution in [0, 0.1) is 0 Å². The van der Waals surface area contributed by atoms with Crippen LogP contribution in [-0.4, -0.2) is 82.3 Å². The third-order valence-electron chi connectivity index (χ3n) is 8.81. The van der Waals surface area contributed by atoms with Gasteiger partial charge in [-0.25, -0.2) is 0 Å². The lowest BCUT2D eigenvalue weighted by Crippen LogP contribution is -2.44. The van der Waals surface area contributed by atoms with E-state index in [0.29, 0.717) is 17.4 Å². The third kappa shape index (κ3) is 39.0. The maximum absolute atomic E-state index is 12.7. The van der Waals surface area contributed by atoms with Crippen LogP contribution in [0.3, 0.4) is 0 Å². The van der Waals surface area contributed by atoms with Crippen molar-refractivity contribution >= 4 is 17.9 Å². The Labute approximate surface area is 335 Å². The van der Waals surface area contributed by atoms with Gasteiger partial charge in [-0.2, -0.15) is 0 Å². The van der Waals surface area contributed by atoms with Crippen molar-refractivity contribution in [1.29, 1.82) is 0 Å². The number of carboxylic acids is 1. The smallest absolute Gasteiger partial charge is 0.310 e. The molecule has 316 valence electrons. The summed E-state index contributed by atoms with van der Waals surface area (Å²) in [6.07, 6.45) is 41.4. The summed E-state index contributed by atoms with van der Waals surface area (Å²) in [6, 6.07) is 0. The Bertz CT molecular complexity index is 1090. The molecule has 0 aromatic heterocycles. The summed E-state index contributed by atoms with van der Waals surface area (Å²) in [7, 11) is 5.87. The molecule has 0 N–H and O–H groups in total. The SMILES string of the molecule is CC/C=C\C/C=C\C/C=C\C/C=C\C/C=C\CC(=O)OC(COC(=O)CCCCCCCCCCCCCCCCC)COC(OCC[N+](C)(C)C)C(=O)[O-]. The molecule has 0 heterocycles. The lowest BCUT2D eigenvalue weighted by Gasteiger charge is -2.26. The Morgan fingerprint density at radius 2 is 1.02 bits per heavy atom. The molecule has 0 saturated heterocycles. The minimum atomic E-state index is -1.64. The van der Waals surface area contributed by atoms with E-state index in [1.165, 1.54) is 77.0 Å². The molecule has 0 aromatic carbocycles. The summed E-state index contributed by atoms with van der Waals surface area (Å²) < 4.78 is 22.4. The first kappa shape index (κ1) is 52.0. The van der Waals surface area contributed by atoms with Gasteiger partial charge < -0.3 is 33.3 Å². The van der Waals surface area contributed by atoms with E-state index in [-0.39, 0.29) is 38.6 Å². The summed E-state index contributed by atoms with van der Waals surface area (Å²) in [6.45, 7) is 4.50. The van der Waals surface area contributed by atoms with Gasteiger partial charge in [-0.3, -0.25) is 9.59 Å². The van der Waals surface area contributed by atoms with E-state index < -0.39 is 24.3 Å². The number of likely N-dealkylation sites (N-methyl/N-ethyl adjacent to an activating group) is 1. The molecule has 2 unspecified atom stereocenters. The van der Waals surface area contributed by atoms with Gasteiger partial charge in [0.15, 0.2) is 12.4 Å². The predicted octanol–water partition coefficient (Wildman–Crippen LogP) is 9.66. The van der Waals surface area contributed by atoms with Crippen molar-refractivity contribution in [2.45, 2.75) is 167 Å². The highest BCUT2D eigenvalue weighted by atomic mass is 16.7. The van der Waals surface area contributed by atoms with Gasteiger partial charge in [0.25, 0.3) is 0 Å². The van der Waals surface area contributed by atoms with Gasteiger partial charge in [0.1, 0.15) is 13.2 Å².